The summed E-state index contributed by atoms with van der Waals surface area (Å²) in [6.07, 6.45) is 5.34. The Kier molecular flexibility index (Phi) is 4.22. The van der Waals surface area contributed by atoms with E-state index in [0.717, 1.165) is 31.2 Å². The number of alkyl halides is 2. The van der Waals surface area contributed by atoms with Gasteiger partial charge in [-0.3, -0.25) is 4.90 Å². The number of pyridine rings is 1. The molecule has 2 unspecified atom stereocenters. The Hall–Kier alpha value is -2.39. The molecule has 0 spiro atoms. The van der Waals surface area contributed by atoms with Crippen molar-refractivity contribution in [2.24, 2.45) is 0 Å². The van der Waals surface area contributed by atoms with Crippen LogP contribution in [0.15, 0.2) is 24.5 Å². The third-order valence-corrected chi connectivity index (χ3v) is 6.12. The van der Waals surface area contributed by atoms with Gasteiger partial charge in [0.15, 0.2) is 11.6 Å². The van der Waals surface area contributed by atoms with E-state index in [2.05, 4.69) is 31.8 Å². The highest BCUT2D eigenvalue weighted by Crippen LogP contribution is 2.35. The number of aromatic nitrogens is 5. The molecule has 152 valence electrons. The number of halogens is 3. The number of hydrogen-bond donors (Lipinski definition) is 0. The quantitative estimate of drug-likeness (QED) is 0.607. The molecule has 2 aliphatic rings. The Morgan fingerprint density at radius 3 is 2.59 bits per heavy atom. The van der Waals surface area contributed by atoms with Gasteiger partial charge in [0, 0.05) is 56.6 Å². The Balaban J connectivity index is 1.63. The molecule has 10 heteroatoms. The molecule has 0 amide bonds. The van der Waals surface area contributed by atoms with Crippen LogP contribution in [0.3, 0.4) is 0 Å². The molecule has 0 aromatic carbocycles. The highest BCUT2D eigenvalue weighted by Gasteiger charge is 2.39. The van der Waals surface area contributed by atoms with Crippen molar-refractivity contribution in [2.45, 2.75) is 37.8 Å². The van der Waals surface area contributed by atoms with E-state index >= 15 is 0 Å². The molecule has 5 rings (SSSR count). The number of nitrogens with zero attached hydrogens (tertiary/aromatic N) is 7. The van der Waals surface area contributed by atoms with Crippen LogP contribution in [0.5, 0.6) is 0 Å². The van der Waals surface area contributed by atoms with Crippen LogP contribution in [-0.2, 0) is 5.92 Å². The van der Waals surface area contributed by atoms with Crippen LogP contribution in [0.25, 0.3) is 16.7 Å². The lowest BCUT2D eigenvalue weighted by molar-refractivity contribution is 0.00763. The molecule has 29 heavy (non-hydrogen) atoms. The van der Waals surface area contributed by atoms with Crippen LogP contribution in [0.1, 0.15) is 25.6 Å². The first-order valence-corrected chi connectivity index (χ1v) is 9.92. The summed E-state index contributed by atoms with van der Waals surface area (Å²) in [4.78, 5) is 16.7. The lowest BCUT2D eigenvalue weighted by Crippen LogP contribution is -2.52. The molecule has 3 aromatic heterocycles. The number of hydrogen-bond acceptors (Lipinski definition) is 6. The highest BCUT2D eigenvalue weighted by molar-refractivity contribution is 6.30. The van der Waals surface area contributed by atoms with E-state index in [9.17, 15) is 8.78 Å². The van der Waals surface area contributed by atoms with Crippen molar-refractivity contribution in [1.82, 2.24) is 29.6 Å². The van der Waals surface area contributed by atoms with E-state index in [1.165, 1.54) is 19.0 Å². The summed E-state index contributed by atoms with van der Waals surface area (Å²) in [5.41, 5.74) is 0.676. The molecular formula is C19H20ClF2N7. The van der Waals surface area contributed by atoms with Gasteiger partial charge < -0.3 is 4.90 Å². The van der Waals surface area contributed by atoms with Crippen molar-refractivity contribution in [3.8, 4) is 5.82 Å². The van der Waals surface area contributed by atoms with Crippen LogP contribution in [0.2, 0.25) is 5.15 Å². The van der Waals surface area contributed by atoms with Gasteiger partial charge >= 0.3 is 5.92 Å². The molecule has 2 aliphatic heterocycles. The van der Waals surface area contributed by atoms with Crippen molar-refractivity contribution >= 4 is 28.3 Å². The second-order valence-electron chi connectivity index (χ2n) is 7.84. The zero-order valence-electron chi connectivity index (χ0n) is 16.1. The average Bonchev–Trinajstić information content (AvgIpc) is 3.12. The van der Waals surface area contributed by atoms with Crippen LogP contribution >= 0.6 is 11.6 Å². The maximum atomic E-state index is 13.8. The van der Waals surface area contributed by atoms with Gasteiger partial charge in [0.2, 0.25) is 5.82 Å². The third-order valence-electron chi connectivity index (χ3n) is 5.91. The predicted octanol–water partition coefficient (Wildman–Crippen LogP) is 3.26. The molecule has 0 N–H and O–H groups in total. The van der Waals surface area contributed by atoms with Gasteiger partial charge in [-0.25, -0.2) is 19.6 Å². The monoisotopic (exact) mass is 419 g/mol. The fourth-order valence-electron chi connectivity index (χ4n) is 4.34. The average molecular weight is 420 g/mol. The lowest BCUT2D eigenvalue weighted by atomic mass is 10.2. The van der Waals surface area contributed by atoms with E-state index in [1.54, 1.807) is 23.0 Å². The zero-order valence-corrected chi connectivity index (χ0v) is 16.8. The van der Waals surface area contributed by atoms with E-state index in [0.29, 0.717) is 22.8 Å². The number of anilines is 1. The van der Waals surface area contributed by atoms with Crippen molar-refractivity contribution in [1.29, 1.82) is 0 Å². The molecule has 5 heterocycles. The highest BCUT2D eigenvalue weighted by atomic mass is 35.5. The smallest absolute Gasteiger partial charge is 0.303 e. The second kappa shape index (κ2) is 6.56. The maximum Gasteiger partial charge on any atom is 0.303 e. The number of piperazine rings is 1. The lowest BCUT2D eigenvalue weighted by Gasteiger charge is -2.39. The van der Waals surface area contributed by atoms with E-state index in [1.807, 2.05) is 0 Å². The van der Waals surface area contributed by atoms with Gasteiger partial charge in [-0.15, -0.1) is 5.10 Å². The molecule has 0 radical (unpaired) electrons. The Morgan fingerprint density at radius 2 is 1.90 bits per heavy atom. The first-order valence-electron chi connectivity index (χ1n) is 9.54. The first kappa shape index (κ1) is 18.6. The Morgan fingerprint density at radius 1 is 1.17 bits per heavy atom. The second-order valence-corrected chi connectivity index (χ2v) is 8.23. The standard InChI is InChI=1S/C19H20ClF2N7/c1-19(21,22)18-23-6-5-16(25-18)29-14-7-15(20)24-8-13(14)17(26-29)28-9-11-3-4-12(10-28)27(11)2/h5-8,11-12H,3-4,9-10H2,1-2H3. The molecule has 3 aromatic rings. The number of fused-ring (bicyclic) bond motifs is 3. The van der Waals surface area contributed by atoms with Crippen LogP contribution in [-0.4, -0.2) is 61.9 Å². The predicted molar refractivity (Wildman–Crippen MR) is 106 cm³/mol. The molecule has 0 saturated carbocycles. The van der Waals surface area contributed by atoms with E-state index in [-0.39, 0.29) is 5.82 Å². The first-order chi connectivity index (χ1) is 13.8. The van der Waals surface area contributed by atoms with Gasteiger partial charge in [0.1, 0.15) is 5.15 Å². The number of rotatable bonds is 3. The number of likely N-dealkylation sites (N-methyl/N-ethyl adjacent to an activating group) is 1. The van der Waals surface area contributed by atoms with Gasteiger partial charge in [-0.1, -0.05) is 11.6 Å². The zero-order chi connectivity index (χ0) is 20.3. The summed E-state index contributed by atoms with van der Waals surface area (Å²) >= 11 is 6.13. The minimum absolute atomic E-state index is 0.271. The summed E-state index contributed by atoms with van der Waals surface area (Å²) in [5.74, 6) is -2.64. The molecule has 0 aliphatic carbocycles. The topological polar surface area (TPSA) is 63.0 Å². The Labute approximate surface area is 171 Å². The van der Waals surface area contributed by atoms with Gasteiger partial charge in [0.25, 0.3) is 0 Å². The fourth-order valence-corrected chi connectivity index (χ4v) is 4.50. The minimum atomic E-state index is -3.14. The summed E-state index contributed by atoms with van der Waals surface area (Å²) < 4.78 is 29.1. The molecular weight excluding hydrogens is 400 g/mol. The van der Waals surface area contributed by atoms with Crippen molar-refractivity contribution < 1.29 is 8.78 Å². The summed E-state index contributed by atoms with van der Waals surface area (Å²) in [6.45, 7) is 2.51. The fraction of sp³-hybridized carbons (Fsp3) is 0.474. The van der Waals surface area contributed by atoms with Crippen molar-refractivity contribution in [2.75, 3.05) is 25.0 Å². The minimum Gasteiger partial charge on any atom is -0.351 e. The normalized spacial score (nSPS) is 22.6. The van der Waals surface area contributed by atoms with Gasteiger partial charge in [0.05, 0.1) is 10.9 Å². The van der Waals surface area contributed by atoms with Crippen LogP contribution in [0, 0.1) is 0 Å². The molecule has 2 fully saturated rings. The molecule has 2 atom stereocenters. The van der Waals surface area contributed by atoms with E-state index in [4.69, 9.17) is 16.7 Å². The van der Waals surface area contributed by atoms with Crippen LogP contribution < -0.4 is 4.90 Å². The van der Waals surface area contributed by atoms with Gasteiger partial charge in [-0.05, 0) is 19.9 Å². The maximum absolute atomic E-state index is 13.8. The third kappa shape index (κ3) is 3.12. The van der Waals surface area contributed by atoms with Crippen molar-refractivity contribution in [3.05, 3.63) is 35.5 Å². The van der Waals surface area contributed by atoms with Crippen molar-refractivity contribution in [3.63, 3.8) is 0 Å². The SMILES string of the molecule is CN1C2CCC1CN(c1nn(-c3ccnc(C(C)(F)F)n3)c3cc(Cl)ncc13)C2. The summed E-state index contributed by atoms with van der Waals surface area (Å²) in [6, 6.07) is 4.22. The summed E-state index contributed by atoms with van der Waals surface area (Å²) in [7, 11) is 2.17. The summed E-state index contributed by atoms with van der Waals surface area (Å²) in [5, 5.41) is 5.88. The Bertz CT molecular complexity index is 1070. The molecule has 2 saturated heterocycles. The molecule has 2 bridgehead atoms. The molecule has 7 nitrogen and oxygen atoms in total. The van der Waals surface area contributed by atoms with Crippen LogP contribution in [0.4, 0.5) is 14.6 Å². The largest absolute Gasteiger partial charge is 0.351 e. The van der Waals surface area contributed by atoms with Gasteiger partial charge in [-0.2, -0.15) is 8.78 Å². The van der Waals surface area contributed by atoms with E-state index < -0.39 is 11.7 Å².